The first-order chi connectivity index (χ1) is 11.1. The molecule has 128 valence electrons. The topological polar surface area (TPSA) is 61.8 Å². The van der Waals surface area contributed by atoms with Gasteiger partial charge in [-0.25, -0.2) is 4.79 Å². The number of amides is 2. The number of nitrogens with zero attached hydrogens (tertiary/aromatic N) is 1. The average molecular weight is 320 g/mol. The van der Waals surface area contributed by atoms with Crippen molar-refractivity contribution in [1.82, 2.24) is 10.2 Å². The second-order valence-corrected chi connectivity index (χ2v) is 6.42. The molecule has 0 unspecified atom stereocenters. The number of urea groups is 1. The number of rotatable bonds is 6. The van der Waals surface area contributed by atoms with E-state index in [-0.39, 0.29) is 24.7 Å². The second kappa shape index (κ2) is 8.31. The van der Waals surface area contributed by atoms with Crippen molar-refractivity contribution in [2.75, 3.05) is 26.9 Å². The number of carbonyl (C=O) groups excluding carboxylic acids is 1. The van der Waals surface area contributed by atoms with Crippen LogP contribution in [-0.4, -0.2) is 48.9 Å². The fourth-order valence-corrected chi connectivity index (χ4v) is 3.15. The molecule has 0 bridgehead atoms. The van der Waals surface area contributed by atoms with Gasteiger partial charge >= 0.3 is 6.03 Å². The Bertz CT molecular complexity index is 519. The van der Waals surface area contributed by atoms with Gasteiger partial charge in [0.05, 0.1) is 12.6 Å². The van der Waals surface area contributed by atoms with Crippen molar-refractivity contribution in [1.29, 1.82) is 0 Å². The predicted octanol–water partition coefficient (Wildman–Crippen LogP) is 2.35. The number of benzene rings is 1. The van der Waals surface area contributed by atoms with E-state index in [1.165, 1.54) is 5.56 Å². The van der Waals surface area contributed by atoms with E-state index in [1.54, 1.807) is 12.0 Å². The monoisotopic (exact) mass is 320 g/mol. The molecule has 0 saturated carbocycles. The van der Waals surface area contributed by atoms with E-state index in [4.69, 9.17) is 4.74 Å². The van der Waals surface area contributed by atoms with Crippen LogP contribution in [0, 0.1) is 5.92 Å². The highest BCUT2D eigenvalue weighted by atomic mass is 16.5. The Kier molecular flexibility index (Phi) is 6.42. The summed E-state index contributed by atoms with van der Waals surface area (Å²) in [7, 11) is 1.67. The molecule has 5 heteroatoms. The first-order valence-corrected chi connectivity index (χ1v) is 8.33. The van der Waals surface area contributed by atoms with E-state index in [0.717, 1.165) is 18.4 Å². The van der Waals surface area contributed by atoms with Gasteiger partial charge in [-0.15, -0.1) is 0 Å². The normalized spacial score (nSPS) is 18.7. The van der Waals surface area contributed by atoms with E-state index in [2.05, 4.69) is 25.2 Å². The fourth-order valence-electron chi connectivity index (χ4n) is 3.15. The number of methoxy groups -OCH3 is 1. The molecule has 1 heterocycles. The van der Waals surface area contributed by atoms with E-state index in [1.807, 2.05) is 18.2 Å². The van der Waals surface area contributed by atoms with Crippen LogP contribution in [0.3, 0.4) is 0 Å². The highest BCUT2D eigenvalue weighted by Gasteiger charge is 2.31. The third-order valence-corrected chi connectivity index (χ3v) is 4.59. The maximum Gasteiger partial charge on any atom is 0.318 e. The number of hydrogen-bond acceptors (Lipinski definition) is 3. The molecule has 5 nitrogen and oxygen atoms in total. The average Bonchev–Trinajstić information content (AvgIpc) is 2.56. The number of fused-ring (bicyclic) bond motifs is 1. The molecule has 0 radical (unpaired) electrons. The minimum atomic E-state index is -0.268. The van der Waals surface area contributed by atoms with Crippen LogP contribution in [0.1, 0.15) is 37.4 Å². The minimum absolute atomic E-state index is 0.0607. The van der Waals surface area contributed by atoms with Crippen LogP contribution in [0.2, 0.25) is 0 Å². The lowest BCUT2D eigenvalue weighted by Gasteiger charge is -2.37. The molecule has 2 amide bonds. The van der Waals surface area contributed by atoms with E-state index >= 15 is 0 Å². The van der Waals surface area contributed by atoms with Crippen LogP contribution in [0.4, 0.5) is 4.79 Å². The van der Waals surface area contributed by atoms with E-state index in [9.17, 15) is 9.90 Å². The molecule has 0 saturated heterocycles. The number of ether oxygens (including phenoxy) is 1. The SMILES string of the molecule is COCC[C@H](NC(=O)N1CCc2ccccc2[C@@H]1CO)C(C)C. The van der Waals surface area contributed by atoms with E-state index < -0.39 is 0 Å². The Balaban J connectivity index is 2.09. The number of aliphatic hydroxyl groups excluding tert-OH is 1. The van der Waals surface area contributed by atoms with Crippen molar-refractivity contribution in [3.05, 3.63) is 35.4 Å². The third kappa shape index (κ3) is 4.24. The first kappa shape index (κ1) is 17.8. The Morgan fingerprint density at radius 3 is 2.83 bits per heavy atom. The summed E-state index contributed by atoms with van der Waals surface area (Å²) in [4.78, 5) is 14.5. The van der Waals surface area contributed by atoms with E-state index in [0.29, 0.717) is 19.1 Å². The van der Waals surface area contributed by atoms with Crippen molar-refractivity contribution in [2.45, 2.75) is 38.8 Å². The summed E-state index contributed by atoms with van der Waals surface area (Å²) in [6.45, 7) is 5.37. The van der Waals surface area contributed by atoms with Crippen molar-refractivity contribution in [2.24, 2.45) is 5.92 Å². The van der Waals surface area contributed by atoms with Gasteiger partial charge in [0.1, 0.15) is 0 Å². The molecule has 0 aliphatic carbocycles. The van der Waals surface area contributed by atoms with Gasteiger partial charge < -0.3 is 20.1 Å². The molecule has 1 aliphatic rings. The van der Waals surface area contributed by atoms with Crippen LogP contribution in [0.5, 0.6) is 0 Å². The van der Waals surface area contributed by atoms with Crippen LogP contribution >= 0.6 is 0 Å². The predicted molar refractivity (Wildman–Crippen MR) is 90.3 cm³/mol. The Labute approximate surface area is 138 Å². The summed E-state index contributed by atoms with van der Waals surface area (Å²) >= 11 is 0. The largest absolute Gasteiger partial charge is 0.394 e. The summed E-state index contributed by atoms with van der Waals surface area (Å²) in [5.74, 6) is 0.332. The fraction of sp³-hybridized carbons (Fsp3) is 0.611. The smallest absolute Gasteiger partial charge is 0.318 e. The zero-order chi connectivity index (χ0) is 16.8. The molecule has 0 spiro atoms. The summed E-state index contributed by atoms with van der Waals surface area (Å²) in [5.41, 5.74) is 2.27. The molecule has 2 rings (SSSR count). The summed E-state index contributed by atoms with van der Waals surface area (Å²) in [6.07, 6.45) is 1.61. The van der Waals surface area contributed by atoms with Crippen LogP contribution < -0.4 is 5.32 Å². The van der Waals surface area contributed by atoms with Crippen molar-refractivity contribution >= 4 is 6.03 Å². The molecule has 0 aromatic heterocycles. The van der Waals surface area contributed by atoms with Gasteiger partial charge in [-0.2, -0.15) is 0 Å². The molecule has 1 aliphatic heterocycles. The molecule has 1 aromatic rings. The summed E-state index contributed by atoms with van der Waals surface area (Å²) in [5, 5.41) is 12.9. The number of carbonyl (C=O) groups is 1. The molecular weight excluding hydrogens is 292 g/mol. The summed E-state index contributed by atoms with van der Waals surface area (Å²) in [6, 6.07) is 7.73. The lowest BCUT2D eigenvalue weighted by molar-refractivity contribution is 0.119. The number of nitrogens with one attached hydrogen (secondary N) is 1. The van der Waals surface area contributed by atoms with Crippen LogP contribution in [-0.2, 0) is 11.2 Å². The third-order valence-electron chi connectivity index (χ3n) is 4.59. The molecule has 23 heavy (non-hydrogen) atoms. The Hall–Kier alpha value is -1.59. The van der Waals surface area contributed by atoms with Gasteiger partial charge in [0.25, 0.3) is 0 Å². The van der Waals surface area contributed by atoms with Gasteiger partial charge in [0, 0.05) is 26.3 Å². The molecular formula is C18H28N2O3. The van der Waals surface area contributed by atoms with Gasteiger partial charge in [-0.1, -0.05) is 38.1 Å². The van der Waals surface area contributed by atoms with Crippen molar-refractivity contribution in [3.8, 4) is 0 Å². The van der Waals surface area contributed by atoms with Crippen molar-refractivity contribution < 1.29 is 14.6 Å². The van der Waals surface area contributed by atoms with Gasteiger partial charge in [-0.05, 0) is 29.9 Å². The number of hydrogen-bond donors (Lipinski definition) is 2. The molecule has 0 fully saturated rings. The van der Waals surface area contributed by atoms with Gasteiger partial charge in [-0.3, -0.25) is 0 Å². The molecule has 2 N–H and O–H groups in total. The maximum atomic E-state index is 12.7. The van der Waals surface area contributed by atoms with Gasteiger partial charge in [0.2, 0.25) is 0 Å². The number of aliphatic hydroxyl groups is 1. The standard InChI is InChI=1S/C18H28N2O3/c1-13(2)16(9-11-23-3)19-18(22)20-10-8-14-6-4-5-7-15(14)17(20)12-21/h4-7,13,16-17,21H,8-12H2,1-3H3,(H,19,22)/t16-,17-/m0/s1. The van der Waals surface area contributed by atoms with Crippen LogP contribution in [0.15, 0.2) is 24.3 Å². The van der Waals surface area contributed by atoms with Crippen LogP contribution in [0.25, 0.3) is 0 Å². The highest BCUT2D eigenvalue weighted by molar-refractivity contribution is 5.75. The zero-order valence-corrected chi connectivity index (χ0v) is 14.3. The highest BCUT2D eigenvalue weighted by Crippen LogP contribution is 2.29. The Morgan fingerprint density at radius 2 is 2.17 bits per heavy atom. The molecule has 1 aromatic carbocycles. The first-order valence-electron chi connectivity index (χ1n) is 8.33. The zero-order valence-electron chi connectivity index (χ0n) is 14.3. The maximum absolute atomic E-state index is 12.7. The second-order valence-electron chi connectivity index (χ2n) is 6.42. The van der Waals surface area contributed by atoms with Gasteiger partial charge in [0.15, 0.2) is 0 Å². The lowest BCUT2D eigenvalue weighted by atomic mass is 9.93. The quantitative estimate of drug-likeness (QED) is 0.846. The molecule has 2 atom stereocenters. The lowest BCUT2D eigenvalue weighted by Crippen LogP contribution is -2.51. The summed E-state index contributed by atoms with van der Waals surface area (Å²) < 4.78 is 5.13. The Morgan fingerprint density at radius 1 is 1.43 bits per heavy atom. The minimum Gasteiger partial charge on any atom is -0.394 e. The van der Waals surface area contributed by atoms with Crippen molar-refractivity contribution in [3.63, 3.8) is 0 Å².